The van der Waals surface area contributed by atoms with Gasteiger partial charge >= 0.3 is 0 Å². The van der Waals surface area contributed by atoms with Crippen LogP contribution in [0, 0.1) is 0 Å². The van der Waals surface area contributed by atoms with Gasteiger partial charge in [0.1, 0.15) is 4.91 Å². The van der Waals surface area contributed by atoms with Gasteiger partial charge in [-0.2, -0.15) is 0 Å². The summed E-state index contributed by atoms with van der Waals surface area (Å²) in [6.45, 7) is 6.94. The molecule has 0 aliphatic carbocycles. The van der Waals surface area contributed by atoms with E-state index in [2.05, 4.69) is 11.8 Å². The number of rotatable bonds is 5. The number of hydrogen-bond acceptors (Lipinski definition) is 5. The molecule has 0 radical (unpaired) electrons. The van der Waals surface area contributed by atoms with Crippen molar-refractivity contribution in [1.29, 1.82) is 0 Å². The van der Waals surface area contributed by atoms with Gasteiger partial charge in [0.25, 0.3) is 0 Å². The smallest absolute Gasteiger partial charge is 0.211 e. The van der Waals surface area contributed by atoms with E-state index in [0.717, 1.165) is 29.9 Å². The average Bonchev–Trinajstić information content (AvgIpc) is 3.10. The molecule has 6 nitrogen and oxygen atoms in total. The number of allylic oxidation sites excluding steroid dienone is 6. The topological polar surface area (TPSA) is 91.8 Å². The summed E-state index contributed by atoms with van der Waals surface area (Å²) in [6.07, 6.45) is 7.46. The van der Waals surface area contributed by atoms with Crippen LogP contribution in [0.5, 0.6) is 0 Å². The second kappa shape index (κ2) is 8.52. The van der Waals surface area contributed by atoms with Crippen molar-refractivity contribution in [2.24, 2.45) is 0 Å². The molecule has 0 saturated carbocycles. The molecule has 2 heterocycles. The van der Waals surface area contributed by atoms with Crippen molar-refractivity contribution >= 4 is 32.4 Å². The lowest BCUT2D eigenvalue weighted by atomic mass is 9.83. The van der Waals surface area contributed by atoms with E-state index < -0.39 is 32.1 Å². The number of sulfone groups is 1. The normalized spacial score (nSPS) is 21.7. The highest BCUT2D eigenvalue weighted by atomic mass is 32.2. The first-order valence-electron chi connectivity index (χ1n) is 10.6. The van der Waals surface area contributed by atoms with Crippen LogP contribution in [0.3, 0.4) is 0 Å². The Labute approximate surface area is 196 Å². The Hall–Kier alpha value is -2.81. The molecular formula is C25H25NO5S2. The van der Waals surface area contributed by atoms with Gasteiger partial charge in [0.05, 0.1) is 9.79 Å². The SMILES string of the molecule is CCCN1/C(=C/C=C/C=C2/C(=O)c3ccccc3S2(=O)=O)C(C)(C)c2cc(S(=O)O)ccc21. The fourth-order valence-electron chi connectivity index (χ4n) is 4.44. The third-order valence-electron chi connectivity index (χ3n) is 6.06. The zero-order valence-electron chi connectivity index (χ0n) is 18.6. The third kappa shape index (κ3) is 3.82. The van der Waals surface area contributed by atoms with Crippen LogP contribution in [-0.4, -0.2) is 29.5 Å². The molecule has 2 aliphatic heterocycles. The van der Waals surface area contributed by atoms with E-state index >= 15 is 0 Å². The summed E-state index contributed by atoms with van der Waals surface area (Å²) >= 11 is -2.07. The quantitative estimate of drug-likeness (QED) is 0.487. The molecule has 8 heteroatoms. The van der Waals surface area contributed by atoms with Crippen molar-refractivity contribution in [2.75, 3.05) is 11.4 Å². The molecule has 0 spiro atoms. The minimum Gasteiger partial charge on any atom is -0.344 e. The zero-order chi connectivity index (χ0) is 24.0. The zero-order valence-corrected chi connectivity index (χ0v) is 20.2. The van der Waals surface area contributed by atoms with Gasteiger partial charge in [0.15, 0.2) is 11.1 Å². The average molecular weight is 484 g/mol. The van der Waals surface area contributed by atoms with Gasteiger partial charge in [-0.3, -0.25) is 4.79 Å². The van der Waals surface area contributed by atoms with E-state index in [9.17, 15) is 22.0 Å². The van der Waals surface area contributed by atoms with Crippen LogP contribution in [-0.2, 0) is 26.3 Å². The monoisotopic (exact) mass is 483 g/mol. The fourth-order valence-corrected chi connectivity index (χ4v) is 6.40. The van der Waals surface area contributed by atoms with Crippen molar-refractivity contribution in [3.63, 3.8) is 0 Å². The molecule has 33 heavy (non-hydrogen) atoms. The summed E-state index contributed by atoms with van der Waals surface area (Å²) in [6, 6.07) is 11.5. The Morgan fingerprint density at radius 2 is 1.79 bits per heavy atom. The van der Waals surface area contributed by atoms with Crippen molar-refractivity contribution in [2.45, 2.75) is 42.4 Å². The van der Waals surface area contributed by atoms with Crippen molar-refractivity contribution in [3.05, 3.63) is 88.5 Å². The van der Waals surface area contributed by atoms with Crippen molar-refractivity contribution in [3.8, 4) is 0 Å². The van der Waals surface area contributed by atoms with Crippen LogP contribution in [0.15, 0.2) is 87.2 Å². The van der Waals surface area contributed by atoms with Crippen molar-refractivity contribution in [1.82, 2.24) is 0 Å². The molecule has 0 aromatic heterocycles. The van der Waals surface area contributed by atoms with Crippen LogP contribution in [0.1, 0.15) is 43.1 Å². The van der Waals surface area contributed by atoms with Gasteiger partial charge in [-0.05, 0) is 54.5 Å². The second-order valence-corrected chi connectivity index (χ2v) is 11.4. The van der Waals surface area contributed by atoms with E-state index in [-0.39, 0.29) is 15.4 Å². The van der Waals surface area contributed by atoms with Crippen LogP contribution in [0.2, 0.25) is 0 Å². The summed E-state index contributed by atoms with van der Waals surface area (Å²) in [4.78, 5) is 14.9. The first-order valence-corrected chi connectivity index (χ1v) is 13.2. The number of Topliss-reactive ketones (excluding diaryl/α,β-unsaturated/α-hetero) is 1. The Bertz CT molecular complexity index is 1370. The van der Waals surface area contributed by atoms with Gasteiger partial charge in [-0.1, -0.05) is 45.1 Å². The van der Waals surface area contributed by atoms with E-state index in [4.69, 9.17) is 0 Å². The van der Waals surface area contributed by atoms with Crippen molar-refractivity contribution < 1.29 is 22.0 Å². The standard InChI is InChI=1S/C25H25NO5S2/c1-4-15-26-20-14-13-17(32(28)29)16-19(20)25(2,3)23(26)12-8-7-11-22-24(27)18-9-5-6-10-21(18)33(22,30)31/h5-14,16H,4,15H2,1-3H3,(H,28,29)/b8-7+,22-11-,23-12+. The van der Waals surface area contributed by atoms with Gasteiger partial charge in [0, 0.05) is 28.9 Å². The van der Waals surface area contributed by atoms with E-state index in [1.54, 1.807) is 36.4 Å². The van der Waals surface area contributed by atoms with Crippen LogP contribution >= 0.6 is 0 Å². The number of nitrogens with zero attached hydrogens (tertiary/aromatic N) is 1. The van der Waals surface area contributed by atoms with E-state index in [0.29, 0.717) is 4.90 Å². The highest BCUT2D eigenvalue weighted by Gasteiger charge is 2.40. The number of carbonyl (C=O) groups excluding carboxylic acids is 1. The predicted molar refractivity (Wildman–Crippen MR) is 129 cm³/mol. The summed E-state index contributed by atoms with van der Waals surface area (Å²) in [7, 11) is -3.82. The Kier molecular flexibility index (Phi) is 6.03. The Morgan fingerprint density at radius 1 is 1.09 bits per heavy atom. The fraction of sp³-hybridized carbons (Fsp3) is 0.240. The Morgan fingerprint density at radius 3 is 2.45 bits per heavy atom. The second-order valence-electron chi connectivity index (χ2n) is 8.50. The molecule has 172 valence electrons. The van der Waals surface area contributed by atoms with Gasteiger partial charge in [-0.25, -0.2) is 12.6 Å². The maximum atomic E-state index is 12.7. The lowest BCUT2D eigenvalue weighted by Crippen LogP contribution is -2.26. The van der Waals surface area contributed by atoms with Gasteiger partial charge in [0.2, 0.25) is 15.6 Å². The minimum absolute atomic E-state index is 0.0478. The number of anilines is 1. The lowest BCUT2D eigenvalue weighted by molar-refractivity contribution is 0.104. The lowest BCUT2D eigenvalue weighted by Gasteiger charge is -2.26. The first-order chi connectivity index (χ1) is 15.6. The van der Waals surface area contributed by atoms with Gasteiger partial charge < -0.3 is 9.45 Å². The highest BCUT2D eigenvalue weighted by molar-refractivity contribution is 7.97. The summed E-state index contributed by atoms with van der Waals surface area (Å²) in [5, 5.41) is 0. The Balaban J connectivity index is 1.70. The predicted octanol–water partition coefficient (Wildman–Crippen LogP) is 4.77. The first kappa shape index (κ1) is 23.4. The largest absolute Gasteiger partial charge is 0.344 e. The van der Waals surface area contributed by atoms with E-state index in [1.807, 2.05) is 26.0 Å². The molecule has 1 N–H and O–H groups in total. The number of ketones is 1. The minimum atomic E-state index is -3.82. The summed E-state index contributed by atoms with van der Waals surface area (Å²) in [5.74, 6) is -0.492. The molecule has 0 saturated heterocycles. The molecule has 1 atom stereocenters. The van der Waals surface area contributed by atoms with Crippen LogP contribution in [0.25, 0.3) is 0 Å². The summed E-state index contributed by atoms with van der Waals surface area (Å²) in [5.41, 5.74) is 2.70. The molecule has 0 fully saturated rings. The maximum Gasteiger partial charge on any atom is 0.211 e. The molecule has 2 aliphatic rings. The number of fused-ring (bicyclic) bond motifs is 2. The molecule has 2 aromatic carbocycles. The van der Waals surface area contributed by atoms with Crippen LogP contribution < -0.4 is 4.90 Å². The molecule has 0 bridgehead atoms. The summed E-state index contributed by atoms with van der Waals surface area (Å²) < 4.78 is 46.6. The number of benzene rings is 2. The van der Waals surface area contributed by atoms with Gasteiger partial charge in [-0.15, -0.1) is 0 Å². The molecule has 0 amide bonds. The molecule has 2 aromatic rings. The molecule has 4 rings (SSSR count). The maximum absolute atomic E-state index is 12.7. The molecule has 1 unspecified atom stereocenters. The third-order valence-corrected chi connectivity index (χ3v) is 8.55. The van der Waals surface area contributed by atoms with Crippen LogP contribution in [0.4, 0.5) is 5.69 Å². The number of carbonyl (C=O) groups is 1. The highest BCUT2D eigenvalue weighted by Crippen LogP contribution is 2.48. The number of hydrogen-bond donors (Lipinski definition) is 1. The molecular weight excluding hydrogens is 458 g/mol. The van der Waals surface area contributed by atoms with E-state index in [1.165, 1.54) is 18.2 Å².